The number of nitrogens with zero attached hydrogens (tertiary/aromatic N) is 4. The van der Waals surface area contributed by atoms with E-state index in [-0.39, 0.29) is 18.6 Å². The summed E-state index contributed by atoms with van der Waals surface area (Å²) in [7, 11) is -0.0734. The van der Waals surface area contributed by atoms with Crippen LogP contribution in [0.15, 0.2) is 12.7 Å². The standard InChI is InChI=1S/C15H23BN5O6P/c1-3-4-9(22)20-13-10-14(18-6-17-13)21(7-19-10)15-12(24-2)11-8(26-15)5-25-28(16,23)27-11/h6-8,11-12,15,23,28H,3-5,16H2,1-2H3,(H,17,18,20,22)/t8-,11+,12?,15-/m1/s1. The normalized spacial score (nSPS) is 30.1. The average Bonchev–Trinajstić information content (AvgIpc) is 3.22. The van der Waals surface area contributed by atoms with Gasteiger partial charge in [0.05, 0.1) is 0 Å². The predicted octanol–water partition coefficient (Wildman–Crippen LogP) is -0.0720. The summed E-state index contributed by atoms with van der Waals surface area (Å²) >= 11 is 0. The van der Waals surface area contributed by atoms with E-state index in [1.54, 1.807) is 25.6 Å². The molecule has 0 bridgehead atoms. The molecule has 2 saturated heterocycles. The van der Waals surface area contributed by atoms with Crippen LogP contribution < -0.4 is 5.32 Å². The second kappa shape index (κ2) is 7.62. The van der Waals surface area contributed by atoms with Gasteiger partial charge in [-0.1, -0.05) is 6.92 Å². The Labute approximate surface area is 162 Å². The molecule has 11 nitrogen and oxygen atoms in total. The summed E-state index contributed by atoms with van der Waals surface area (Å²) in [5, 5.41) is 2.77. The number of ether oxygens (including phenoxy) is 2. The molecular weight excluding hydrogens is 388 g/mol. The number of rotatable bonds is 5. The minimum absolute atomic E-state index is 0.132. The van der Waals surface area contributed by atoms with E-state index >= 15 is 0 Å². The van der Waals surface area contributed by atoms with Gasteiger partial charge >= 0.3 is 155 Å². The van der Waals surface area contributed by atoms with Crippen molar-refractivity contribution in [3.63, 3.8) is 0 Å². The van der Waals surface area contributed by atoms with Crippen molar-refractivity contribution in [2.75, 3.05) is 19.0 Å². The van der Waals surface area contributed by atoms with Crippen LogP contribution in [0, 0.1) is 0 Å². The molecule has 2 aliphatic rings. The molecule has 0 spiro atoms. The molecule has 2 N–H and O–H groups in total. The molecule has 1 unspecified atom stereocenters. The maximum atomic E-state index is 11.9. The van der Waals surface area contributed by atoms with E-state index in [1.807, 2.05) is 6.92 Å². The first kappa shape index (κ1) is 19.6. The molecule has 2 aliphatic heterocycles. The third kappa shape index (κ3) is 3.52. The van der Waals surface area contributed by atoms with Gasteiger partial charge < -0.3 is 0 Å². The molecule has 0 radical (unpaired) electrons. The van der Waals surface area contributed by atoms with Gasteiger partial charge in [0.2, 0.25) is 0 Å². The zero-order valence-corrected chi connectivity index (χ0v) is 16.9. The van der Waals surface area contributed by atoms with Gasteiger partial charge in [-0.3, -0.25) is 0 Å². The van der Waals surface area contributed by atoms with Crippen molar-refractivity contribution >= 4 is 38.3 Å². The van der Waals surface area contributed by atoms with Crippen molar-refractivity contribution in [2.45, 2.75) is 44.3 Å². The molecule has 2 fully saturated rings. The van der Waals surface area contributed by atoms with Gasteiger partial charge in [-0.2, -0.15) is 0 Å². The average molecular weight is 411 g/mol. The molecular formula is C15H23BN5O6P. The third-order valence-corrected chi connectivity index (χ3v) is 6.21. The van der Waals surface area contributed by atoms with Gasteiger partial charge in [-0.15, -0.1) is 0 Å². The molecule has 152 valence electrons. The maximum absolute atomic E-state index is 11.9. The fraction of sp³-hybridized carbons (Fsp3) is 0.600. The summed E-state index contributed by atoms with van der Waals surface area (Å²) in [6.07, 6.45) is 2.15. The SMILES string of the molecule is B[PH]1(O)OC[C@H]2O[C@@H](n3cnc4c(NC(=O)CCC)ncnc43)C(OC)[C@H]2O1. The number of fused-ring (bicyclic) bond motifs is 2. The van der Waals surface area contributed by atoms with Crippen LogP contribution in [0.1, 0.15) is 26.0 Å². The predicted molar refractivity (Wildman–Crippen MR) is 103 cm³/mol. The second-order valence-electron chi connectivity index (χ2n) is 6.90. The van der Waals surface area contributed by atoms with Crippen LogP contribution in [0.2, 0.25) is 0 Å². The zero-order chi connectivity index (χ0) is 19.9. The topological polar surface area (TPSA) is 130 Å². The molecule has 0 aliphatic carbocycles. The number of hydrogen-bond donors (Lipinski definition) is 2. The van der Waals surface area contributed by atoms with Crippen LogP contribution in [-0.4, -0.2) is 69.9 Å². The first-order valence-electron chi connectivity index (χ1n) is 9.13. The van der Waals surface area contributed by atoms with Gasteiger partial charge in [-0.25, -0.2) is 0 Å². The molecule has 4 heterocycles. The van der Waals surface area contributed by atoms with E-state index in [1.165, 1.54) is 6.33 Å². The summed E-state index contributed by atoms with van der Waals surface area (Å²) in [5.41, 5.74) is 0.955. The molecule has 28 heavy (non-hydrogen) atoms. The molecule has 1 amide bonds. The number of carbonyl (C=O) groups is 1. The summed E-state index contributed by atoms with van der Waals surface area (Å²) in [6, 6.07) is 0. The quantitative estimate of drug-likeness (QED) is 0.513. The number of hydrogen-bond acceptors (Lipinski definition) is 9. The Morgan fingerprint density at radius 3 is 3.07 bits per heavy atom. The number of nitrogens with one attached hydrogen (secondary N) is 1. The Kier molecular flexibility index (Phi) is 5.34. The van der Waals surface area contributed by atoms with Crippen molar-refractivity contribution in [3.8, 4) is 0 Å². The van der Waals surface area contributed by atoms with E-state index in [0.29, 0.717) is 23.4 Å². The van der Waals surface area contributed by atoms with E-state index in [2.05, 4.69) is 20.3 Å². The molecule has 2 aromatic rings. The fourth-order valence-electron chi connectivity index (χ4n) is 3.53. The number of carbonyl (C=O) groups excluding carboxylic acids is 1. The number of imidazole rings is 1. The summed E-state index contributed by atoms with van der Waals surface area (Å²) < 4.78 is 24.6. The van der Waals surface area contributed by atoms with Crippen LogP contribution in [-0.2, 0) is 23.3 Å². The molecule has 13 heteroatoms. The second-order valence-corrected chi connectivity index (χ2v) is 9.22. The van der Waals surface area contributed by atoms with Gasteiger partial charge in [0.15, 0.2) is 0 Å². The van der Waals surface area contributed by atoms with Crippen molar-refractivity contribution in [2.24, 2.45) is 0 Å². The Morgan fingerprint density at radius 2 is 2.32 bits per heavy atom. The van der Waals surface area contributed by atoms with E-state index in [9.17, 15) is 9.69 Å². The van der Waals surface area contributed by atoms with Crippen LogP contribution >= 0.6 is 7.82 Å². The first-order chi connectivity index (χ1) is 13.4. The number of amides is 1. The van der Waals surface area contributed by atoms with Gasteiger partial charge in [0.1, 0.15) is 0 Å². The Bertz CT molecular complexity index is 882. The molecule has 2 aromatic heterocycles. The third-order valence-electron chi connectivity index (χ3n) is 4.80. The molecule has 4 atom stereocenters. The van der Waals surface area contributed by atoms with Crippen molar-refractivity contribution in [1.29, 1.82) is 0 Å². The Morgan fingerprint density at radius 1 is 1.50 bits per heavy atom. The molecule has 0 saturated carbocycles. The van der Waals surface area contributed by atoms with Crippen LogP contribution in [0.4, 0.5) is 5.82 Å². The number of anilines is 1. The van der Waals surface area contributed by atoms with E-state index < -0.39 is 26.3 Å². The van der Waals surface area contributed by atoms with Crippen molar-refractivity contribution in [1.82, 2.24) is 19.5 Å². The molecule has 4 rings (SSSR count). The van der Waals surface area contributed by atoms with Crippen LogP contribution in [0.5, 0.6) is 0 Å². The first-order valence-corrected chi connectivity index (χ1v) is 11.4. The Balaban J connectivity index is 1.65. The van der Waals surface area contributed by atoms with Crippen molar-refractivity contribution < 1.29 is 28.2 Å². The monoisotopic (exact) mass is 411 g/mol. The summed E-state index contributed by atoms with van der Waals surface area (Å²) in [5.74, 6) is 0.217. The fourth-order valence-corrected chi connectivity index (χ4v) is 4.87. The van der Waals surface area contributed by atoms with Crippen LogP contribution in [0.25, 0.3) is 11.2 Å². The summed E-state index contributed by atoms with van der Waals surface area (Å²) in [4.78, 5) is 34.9. The van der Waals surface area contributed by atoms with Gasteiger partial charge in [0, 0.05) is 0 Å². The van der Waals surface area contributed by atoms with E-state index in [0.717, 1.165) is 6.42 Å². The number of methoxy groups -OCH3 is 1. The molecule has 0 aromatic carbocycles. The van der Waals surface area contributed by atoms with E-state index in [4.69, 9.17) is 18.5 Å². The zero-order valence-electron chi connectivity index (χ0n) is 15.9. The summed E-state index contributed by atoms with van der Waals surface area (Å²) in [6.45, 7) is 2.15. The van der Waals surface area contributed by atoms with Gasteiger partial charge in [-0.05, 0) is 0 Å². The Hall–Kier alpha value is -1.69. The minimum atomic E-state index is -3.20. The van der Waals surface area contributed by atoms with Gasteiger partial charge in [0.25, 0.3) is 0 Å². The number of aromatic nitrogens is 4. The van der Waals surface area contributed by atoms with Crippen LogP contribution in [0.3, 0.4) is 0 Å². The van der Waals surface area contributed by atoms with Crippen molar-refractivity contribution in [3.05, 3.63) is 12.7 Å².